The highest BCUT2D eigenvalue weighted by molar-refractivity contribution is 5.95. The van der Waals surface area contributed by atoms with E-state index in [0.717, 1.165) is 31.1 Å². The zero-order valence-electron chi connectivity index (χ0n) is 13.6. The third-order valence-electron chi connectivity index (χ3n) is 5.18. The van der Waals surface area contributed by atoms with Crippen LogP contribution in [0, 0.1) is 5.92 Å². The molecule has 2 fully saturated rings. The van der Waals surface area contributed by atoms with Gasteiger partial charge in [0, 0.05) is 24.7 Å². The number of carbonyl (C=O) groups is 1. The zero-order chi connectivity index (χ0) is 15.8. The summed E-state index contributed by atoms with van der Waals surface area (Å²) in [6.45, 7) is 5.99. The van der Waals surface area contributed by atoms with E-state index in [2.05, 4.69) is 17.1 Å². The van der Waals surface area contributed by atoms with E-state index in [1.807, 2.05) is 12.1 Å². The molecule has 0 radical (unpaired) electrons. The second kappa shape index (κ2) is 6.04. The van der Waals surface area contributed by atoms with Gasteiger partial charge in [0.15, 0.2) is 11.5 Å². The molecule has 4 rings (SSSR count). The minimum absolute atomic E-state index is 0.0125. The fourth-order valence-electron chi connectivity index (χ4n) is 3.89. The summed E-state index contributed by atoms with van der Waals surface area (Å²) < 4.78 is 11.6. The van der Waals surface area contributed by atoms with Crippen molar-refractivity contribution < 1.29 is 14.3 Å². The fraction of sp³-hybridized carbons (Fsp3) is 0.611. The Morgan fingerprint density at radius 3 is 3.09 bits per heavy atom. The standard InChI is InChI=1S/C18H24N2O3/c1-2-15-11-22-17-8-13(3-4-16(17)23-15)18(21)19-14-7-12-5-6-20(9-12)10-14/h3-4,8,12,14-15H,2,5-7,9-11H2,1H3,(H,19,21)/t12-,14+,15+/m0/s1. The maximum absolute atomic E-state index is 12.5. The Balaban J connectivity index is 1.43. The third kappa shape index (κ3) is 3.02. The van der Waals surface area contributed by atoms with Gasteiger partial charge in [0.1, 0.15) is 12.7 Å². The predicted molar refractivity (Wildman–Crippen MR) is 87.1 cm³/mol. The van der Waals surface area contributed by atoms with E-state index in [4.69, 9.17) is 9.47 Å². The number of nitrogens with zero attached hydrogens (tertiary/aromatic N) is 1. The molecule has 0 saturated carbocycles. The number of hydrogen-bond acceptors (Lipinski definition) is 4. The normalized spacial score (nSPS) is 31.7. The number of piperidine rings is 1. The number of hydrogen-bond donors (Lipinski definition) is 1. The molecule has 4 atom stereocenters. The summed E-state index contributed by atoms with van der Waals surface area (Å²) in [5, 5.41) is 3.19. The maximum atomic E-state index is 12.5. The fourth-order valence-corrected chi connectivity index (χ4v) is 3.89. The van der Waals surface area contributed by atoms with Gasteiger partial charge in [0.05, 0.1) is 0 Å². The second-order valence-electron chi connectivity index (χ2n) is 6.94. The smallest absolute Gasteiger partial charge is 0.251 e. The van der Waals surface area contributed by atoms with Crippen LogP contribution in [0.2, 0.25) is 0 Å². The van der Waals surface area contributed by atoms with Gasteiger partial charge in [-0.2, -0.15) is 0 Å². The summed E-state index contributed by atoms with van der Waals surface area (Å²) in [4.78, 5) is 15.0. The van der Waals surface area contributed by atoms with Crippen LogP contribution in [-0.4, -0.2) is 49.2 Å². The number of amides is 1. The molecule has 23 heavy (non-hydrogen) atoms. The summed E-state index contributed by atoms with van der Waals surface area (Å²) >= 11 is 0. The van der Waals surface area contributed by atoms with E-state index < -0.39 is 0 Å². The summed E-state index contributed by atoms with van der Waals surface area (Å²) in [5.74, 6) is 2.15. The van der Waals surface area contributed by atoms with Crippen molar-refractivity contribution in [1.82, 2.24) is 10.2 Å². The van der Waals surface area contributed by atoms with E-state index >= 15 is 0 Å². The Hall–Kier alpha value is -1.75. The third-order valence-corrected chi connectivity index (χ3v) is 5.18. The minimum atomic E-state index is -0.0125. The van der Waals surface area contributed by atoms with Crippen LogP contribution in [0.1, 0.15) is 36.5 Å². The first-order chi connectivity index (χ1) is 11.2. The molecule has 0 aliphatic carbocycles. The van der Waals surface area contributed by atoms with E-state index in [9.17, 15) is 4.79 Å². The quantitative estimate of drug-likeness (QED) is 0.927. The van der Waals surface area contributed by atoms with Crippen molar-refractivity contribution in [2.24, 2.45) is 5.92 Å². The first-order valence-corrected chi connectivity index (χ1v) is 8.68. The number of rotatable bonds is 3. The summed E-state index contributed by atoms with van der Waals surface area (Å²) in [5.41, 5.74) is 0.648. The van der Waals surface area contributed by atoms with Crippen LogP contribution < -0.4 is 14.8 Å². The van der Waals surface area contributed by atoms with Gasteiger partial charge in [-0.05, 0) is 49.9 Å². The Labute approximate surface area is 136 Å². The lowest BCUT2D eigenvalue weighted by Gasteiger charge is -2.30. The second-order valence-corrected chi connectivity index (χ2v) is 6.94. The molecular formula is C18H24N2O3. The zero-order valence-corrected chi connectivity index (χ0v) is 13.6. The molecule has 5 heteroatoms. The predicted octanol–water partition coefficient (Wildman–Crippen LogP) is 2.06. The highest BCUT2D eigenvalue weighted by atomic mass is 16.6. The van der Waals surface area contributed by atoms with Crippen LogP contribution in [0.15, 0.2) is 18.2 Å². The number of nitrogens with one attached hydrogen (secondary N) is 1. The number of carbonyl (C=O) groups excluding carboxylic acids is 1. The van der Waals surface area contributed by atoms with Gasteiger partial charge in [-0.3, -0.25) is 4.79 Å². The highest BCUT2D eigenvalue weighted by Crippen LogP contribution is 2.33. The van der Waals surface area contributed by atoms with E-state index in [1.165, 1.54) is 19.5 Å². The van der Waals surface area contributed by atoms with Gasteiger partial charge in [-0.1, -0.05) is 6.92 Å². The molecular weight excluding hydrogens is 292 g/mol. The van der Waals surface area contributed by atoms with Crippen molar-refractivity contribution in [2.45, 2.75) is 38.3 Å². The van der Waals surface area contributed by atoms with Crippen molar-refractivity contribution in [1.29, 1.82) is 0 Å². The van der Waals surface area contributed by atoms with Crippen LogP contribution in [-0.2, 0) is 0 Å². The molecule has 3 aliphatic heterocycles. The van der Waals surface area contributed by atoms with Gasteiger partial charge in [-0.15, -0.1) is 0 Å². The molecule has 1 aromatic carbocycles. The average molecular weight is 316 g/mol. The van der Waals surface area contributed by atoms with Crippen molar-refractivity contribution in [3.8, 4) is 11.5 Å². The van der Waals surface area contributed by atoms with Crippen molar-refractivity contribution in [3.05, 3.63) is 23.8 Å². The maximum Gasteiger partial charge on any atom is 0.251 e. The first-order valence-electron chi connectivity index (χ1n) is 8.68. The Kier molecular flexibility index (Phi) is 3.89. The van der Waals surface area contributed by atoms with Crippen molar-refractivity contribution >= 4 is 5.91 Å². The molecule has 1 N–H and O–H groups in total. The first kappa shape index (κ1) is 14.8. The molecule has 1 aromatic rings. The molecule has 1 amide bonds. The molecule has 2 bridgehead atoms. The molecule has 0 spiro atoms. The van der Waals surface area contributed by atoms with Crippen molar-refractivity contribution in [2.75, 3.05) is 26.2 Å². The van der Waals surface area contributed by atoms with Crippen LogP contribution in [0.5, 0.6) is 11.5 Å². The summed E-state index contributed by atoms with van der Waals surface area (Å²) in [6.07, 6.45) is 3.40. The topological polar surface area (TPSA) is 50.8 Å². The Bertz CT molecular complexity index is 592. The van der Waals surface area contributed by atoms with E-state index in [0.29, 0.717) is 17.9 Å². The molecule has 2 saturated heterocycles. The highest BCUT2D eigenvalue weighted by Gasteiger charge is 2.33. The lowest BCUT2D eigenvalue weighted by molar-refractivity contribution is 0.0867. The molecule has 124 valence electrons. The molecule has 1 unspecified atom stereocenters. The lowest BCUT2D eigenvalue weighted by atomic mass is 9.96. The van der Waals surface area contributed by atoms with Gasteiger partial charge in [-0.25, -0.2) is 0 Å². The SMILES string of the molecule is CC[C@@H]1COc2cc(C(=O)N[C@@H]3C[C@@H]4CCN(C4)C3)ccc2O1. The van der Waals surface area contributed by atoms with Gasteiger partial charge < -0.3 is 19.7 Å². The molecule has 5 nitrogen and oxygen atoms in total. The van der Waals surface area contributed by atoms with E-state index in [-0.39, 0.29) is 18.1 Å². The number of benzene rings is 1. The largest absolute Gasteiger partial charge is 0.486 e. The van der Waals surface area contributed by atoms with Gasteiger partial charge >= 0.3 is 0 Å². The molecule has 3 aliphatic rings. The Morgan fingerprint density at radius 1 is 1.35 bits per heavy atom. The summed E-state index contributed by atoms with van der Waals surface area (Å²) in [7, 11) is 0. The summed E-state index contributed by atoms with van der Waals surface area (Å²) in [6, 6.07) is 5.74. The number of fused-ring (bicyclic) bond motifs is 3. The van der Waals surface area contributed by atoms with Crippen LogP contribution in [0.25, 0.3) is 0 Å². The van der Waals surface area contributed by atoms with Crippen molar-refractivity contribution in [3.63, 3.8) is 0 Å². The molecule has 0 aromatic heterocycles. The van der Waals surface area contributed by atoms with E-state index in [1.54, 1.807) is 6.07 Å². The van der Waals surface area contributed by atoms with Crippen LogP contribution in [0.4, 0.5) is 0 Å². The monoisotopic (exact) mass is 316 g/mol. The van der Waals surface area contributed by atoms with Crippen LogP contribution >= 0.6 is 0 Å². The average Bonchev–Trinajstić information content (AvgIpc) is 2.92. The van der Waals surface area contributed by atoms with Gasteiger partial charge in [0.2, 0.25) is 0 Å². The minimum Gasteiger partial charge on any atom is -0.486 e. The number of ether oxygens (including phenoxy) is 2. The van der Waals surface area contributed by atoms with Gasteiger partial charge in [0.25, 0.3) is 5.91 Å². The van der Waals surface area contributed by atoms with Crippen LogP contribution in [0.3, 0.4) is 0 Å². The molecule has 3 heterocycles. The lowest BCUT2D eigenvalue weighted by Crippen LogP contribution is -2.47. The Morgan fingerprint density at radius 2 is 2.26 bits per heavy atom.